The Kier molecular flexibility index (Phi) is 14.8. The van der Waals surface area contributed by atoms with E-state index in [0.717, 1.165) is 0 Å². The zero-order valence-electron chi connectivity index (χ0n) is 19.9. The molecule has 0 radical (unpaired) electrons. The first-order valence-electron chi connectivity index (χ1n) is 11.2. The second kappa shape index (κ2) is 14.9. The van der Waals surface area contributed by atoms with Crippen molar-refractivity contribution in [3.8, 4) is 0 Å². The van der Waals surface area contributed by atoms with Crippen LogP contribution in [0.25, 0.3) is 0 Å². The van der Waals surface area contributed by atoms with Crippen molar-refractivity contribution in [3.05, 3.63) is 0 Å². The number of aliphatic hydroxyl groups excluding tert-OH is 5. The fourth-order valence-electron chi connectivity index (χ4n) is 3.68. The van der Waals surface area contributed by atoms with Gasteiger partial charge >= 0.3 is 7.60 Å². The Morgan fingerprint density at radius 3 is 1.26 bits per heavy atom. The van der Waals surface area contributed by atoms with Gasteiger partial charge in [-0.25, -0.2) is 0 Å². The summed E-state index contributed by atoms with van der Waals surface area (Å²) in [5, 5.41) is 46.3. The average molecular weight is 475 g/mol. The first kappa shape index (κ1) is 30.9. The van der Waals surface area contributed by atoms with Crippen LogP contribution in [0.3, 0.4) is 0 Å². The maximum absolute atomic E-state index is 13.6. The van der Waals surface area contributed by atoms with Crippen molar-refractivity contribution in [1.82, 2.24) is 0 Å². The van der Waals surface area contributed by atoms with Crippen molar-refractivity contribution in [2.75, 3.05) is 98.6 Å². The lowest BCUT2D eigenvalue weighted by molar-refractivity contribution is -0.929. The van der Waals surface area contributed by atoms with Gasteiger partial charge in [-0.2, -0.15) is 0 Å². The normalized spacial score (nSPS) is 15.3. The summed E-state index contributed by atoms with van der Waals surface area (Å²) < 4.78 is 26.0. The molecule has 0 aromatic heterocycles. The number of quaternary nitrogens is 2. The highest BCUT2D eigenvalue weighted by Crippen LogP contribution is 2.59. The Balaban J connectivity index is 5.22. The van der Waals surface area contributed by atoms with Crippen LogP contribution in [0.4, 0.5) is 0 Å². The van der Waals surface area contributed by atoms with Crippen LogP contribution in [0.1, 0.15) is 27.7 Å². The van der Waals surface area contributed by atoms with Gasteiger partial charge in [-0.15, -0.1) is 0 Å². The molecule has 0 aromatic carbocycles. The van der Waals surface area contributed by atoms with Gasteiger partial charge in [0.15, 0.2) is 0 Å². The summed E-state index contributed by atoms with van der Waals surface area (Å²) in [6.07, 6.45) is 0. The Hall–Kier alpha value is -0.130. The molecule has 0 aliphatic heterocycles. The summed E-state index contributed by atoms with van der Waals surface area (Å²) in [4.78, 5) is 0. The van der Waals surface area contributed by atoms with Crippen LogP contribution in [0, 0.1) is 0 Å². The predicted molar refractivity (Wildman–Crippen MR) is 120 cm³/mol. The third-order valence-corrected chi connectivity index (χ3v) is 8.71. The minimum atomic E-state index is -3.51. The third-order valence-electron chi connectivity index (χ3n) is 6.02. The second-order valence-electron chi connectivity index (χ2n) is 9.02. The molecule has 0 aliphatic carbocycles. The molecule has 0 spiro atoms. The quantitative estimate of drug-likeness (QED) is 0.126. The van der Waals surface area contributed by atoms with Crippen LogP contribution < -0.4 is 0 Å². The number of likely N-dealkylation sites (N-methyl/N-ethyl adjacent to an activating group) is 1. The molecule has 0 fully saturated rings. The van der Waals surface area contributed by atoms with Gasteiger partial charge < -0.3 is 43.5 Å². The van der Waals surface area contributed by atoms with E-state index >= 15 is 0 Å². The van der Waals surface area contributed by atoms with Gasteiger partial charge in [-0.3, -0.25) is 4.57 Å². The first-order valence-corrected chi connectivity index (χ1v) is 12.7. The van der Waals surface area contributed by atoms with Crippen LogP contribution in [-0.4, -0.2) is 138 Å². The van der Waals surface area contributed by atoms with E-state index in [9.17, 15) is 30.1 Å². The standard InChI is InChI=1S/C20H47N2O8P/c1-5-21(6-13-23,7-14-24)11-18-29-31(28,20(2,3)4)30-19-12-22(8-15-25,9-16-26)10-17-27/h23-27H,5-19H2,1-4H3/q+2. The SMILES string of the molecule is CC[N+](CCO)(CCO)CCOP(=O)(OCC[N+](CCO)(CCO)CCO)C(C)(C)C. The van der Waals surface area contributed by atoms with Gasteiger partial charge in [0.1, 0.15) is 59.0 Å². The lowest BCUT2D eigenvalue weighted by Crippen LogP contribution is -2.55. The molecule has 188 valence electrons. The van der Waals surface area contributed by atoms with E-state index < -0.39 is 12.8 Å². The summed E-state index contributed by atoms with van der Waals surface area (Å²) in [5.41, 5.74) is 0. The van der Waals surface area contributed by atoms with Gasteiger partial charge in [0.2, 0.25) is 0 Å². The summed E-state index contributed by atoms with van der Waals surface area (Å²) in [5.74, 6) is 0. The highest BCUT2D eigenvalue weighted by Gasteiger charge is 2.41. The topological polar surface area (TPSA) is 137 Å². The molecule has 5 N–H and O–H groups in total. The molecule has 11 heteroatoms. The fraction of sp³-hybridized carbons (Fsp3) is 1.00. The molecule has 0 rings (SSSR count). The lowest BCUT2D eigenvalue weighted by Gasteiger charge is -2.39. The third kappa shape index (κ3) is 10.1. The molecule has 31 heavy (non-hydrogen) atoms. The van der Waals surface area contributed by atoms with Gasteiger partial charge in [-0.1, -0.05) is 0 Å². The monoisotopic (exact) mass is 474 g/mol. The Labute approximate surface area is 187 Å². The van der Waals surface area contributed by atoms with Crippen LogP contribution in [0.2, 0.25) is 0 Å². The zero-order chi connectivity index (χ0) is 24.0. The molecular weight excluding hydrogens is 427 g/mol. The van der Waals surface area contributed by atoms with E-state index in [-0.39, 0.29) is 50.7 Å². The molecule has 10 nitrogen and oxygen atoms in total. The van der Waals surface area contributed by atoms with Crippen molar-refractivity contribution in [3.63, 3.8) is 0 Å². The number of hydrogen-bond donors (Lipinski definition) is 5. The average Bonchev–Trinajstić information content (AvgIpc) is 2.68. The van der Waals surface area contributed by atoms with Gasteiger partial charge in [0.25, 0.3) is 0 Å². The molecule has 1 atom stereocenters. The molecule has 0 aliphatic rings. The van der Waals surface area contributed by atoms with Crippen molar-refractivity contribution >= 4 is 7.60 Å². The van der Waals surface area contributed by atoms with Crippen molar-refractivity contribution < 1.29 is 48.1 Å². The van der Waals surface area contributed by atoms with Gasteiger partial charge in [0.05, 0.1) is 44.7 Å². The highest BCUT2D eigenvalue weighted by molar-refractivity contribution is 7.55. The molecule has 0 heterocycles. The molecule has 0 aromatic rings. The Bertz CT molecular complexity index is 493. The fourth-order valence-corrected chi connectivity index (χ4v) is 5.17. The molecular formula is C20H47N2O8P+2. The van der Waals surface area contributed by atoms with Crippen LogP contribution in [-0.2, 0) is 13.6 Å². The van der Waals surface area contributed by atoms with Gasteiger partial charge in [-0.05, 0) is 27.7 Å². The predicted octanol–water partition coefficient (Wildman–Crippen LogP) is -0.374. The Morgan fingerprint density at radius 2 is 0.968 bits per heavy atom. The van der Waals surface area contributed by atoms with E-state index in [4.69, 9.17) is 9.05 Å². The maximum Gasteiger partial charge on any atom is 0.336 e. The summed E-state index contributed by atoms with van der Waals surface area (Å²) in [7, 11) is -3.51. The highest BCUT2D eigenvalue weighted by atomic mass is 31.2. The van der Waals surface area contributed by atoms with Crippen molar-refractivity contribution in [2.24, 2.45) is 0 Å². The maximum atomic E-state index is 13.6. The molecule has 0 saturated heterocycles. The van der Waals surface area contributed by atoms with Gasteiger partial charge in [0, 0.05) is 0 Å². The van der Waals surface area contributed by atoms with E-state index in [1.807, 2.05) is 6.92 Å². The summed E-state index contributed by atoms with van der Waals surface area (Å²) >= 11 is 0. The summed E-state index contributed by atoms with van der Waals surface area (Å²) in [6.45, 7) is 10.8. The molecule has 0 bridgehead atoms. The van der Waals surface area contributed by atoms with E-state index in [2.05, 4.69) is 0 Å². The van der Waals surface area contributed by atoms with Crippen molar-refractivity contribution in [1.29, 1.82) is 0 Å². The molecule has 0 saturated carbocycles. The van der Waals surface area contributed by atoms with E-state index in [1.165, 1.54) is 0 Å². The van der Waals surface area contributed by atoms with E-state index in [0.29, 0.717) is 56.8 Å². The van der Waals surface area contributed by atoms with E-state index in [1.54, 1.807) is 20.8 Å². The second-order valence-corrected chi connectivity index (χ2v) is 11.9. The minimum absolute atomic E-state index is 0.0121. The van der Waals surface area contributed by atoms with Crippen LogP contribution in [0.15, 0.2) is 0 Å². The zero-order valence-corrected chi connectivity index (χ0v) is 20.8. The summed E-state index contributed by atoms with van der Waals surface area (Å²) in [6, 6.07) is 0. The number of rotatable bonds is 19. The number of aliphatic hydroxyl groups is 5. The Morgan fingerprint density at radius 1 is 0.645 bits per heavy atom. The lowest BCUT2D eigenvalue weighted by atomic mass is 10.3. The minimum Gasteiger partial charge on any atom is -0.391 e. The first-order chi connectivity index (χ1) is 14.5. The molecule has 1 unspecified atom stereocenters. The van der Waals surface area contributed by atoms with Crippen molar-refractivity contribution in [2.45, 2.75) is 32.9 Å². The van der Waals surface area contributed by atoms with Crippen LogP contribution in [0.5, 0.6) is 0 Å². The smallest absolute Gasteiger partial charge is 0.336 e. The number of hydrogen-bond acceptors (Lipinski definition) is 8. The van der Waals surface area contributed by atoms with Crippen LogP contribution >= 0.6 is 7.60 Å². The number of nitrogens with zero attached hydrogens (tertiary/aromatic N) is 2. The largest absolute Gasteiger partial charge is 0.391 e. The molecule has 0 amide bonds.